The number of methoxy groups -OCH3 is 2. The molecule has 0 saturated heterocycles. The van der Waals surface area contributed by atoms with E-state index < -0.39 is 0 Å². The number of hydrogen-bond donors (Lipinski definition) is 0. The van der Waals surface area contributed by atoms with Crippen LogP contribution in [0.2, 0.25) is 0 Å². The van der Waals surface area contributed by atoms with Crippen LogP contribution in [-0.2, 0) is 14.9 Å². The maximum atomic E-state index is 5.75. The van der Waals surface area contributed by atoms with Gasteiger partial charge in [-0.15, -0.1) is 0 Å². The maximum absolute atomic E-state index is 5.75. The molecule has 148 valence electrons. The number of benzene rings is 2. The molecule has 0 N–H and O–H groups in total. The van der Waals surface area contributed by atoms with Crippen LogP contribution >= 0.6 is 0 Å². The lowest BCUT2D eigenvalue weighted by Gasteiger charge is -2.26. The fourth-order valence-corrected chi connectivity index (χ4v) is 2.67. The summed E-state index contributed by atoms with van der Waals surface area (Å²) in [5.41, 5.74) is 2.35. The van der Waals surface area contributed by atoms with E-state index in [1.54, 1.807) is 14.2 Å². The molecule has 0 radical (unpaired) electrons. The minimum Gasteiger partial charge on any atom is -0.491 e. The molecule has 0 amide bonds. The summed E-state index contributed by atoms with van der Waals surface area (Å²) in [6.45, 7) is 9.50. The Bertz CT molecular complexity index is 617. The number of ether oxygens (including phenoxy) is 4. The molecule has 2 rings (SSSR count). The third kappa shape index (κ3) is 5.98. The second-order valence-corrected chi connectivity index (χ2v) is 7.39. The third-order valence-corrected chi connectivity index (χ3v) is 4.93. The Labute approximate surface area is 163 Å². The summed E-state index contributed by atoms with van der Waals surface area (Å²) >= 11 is 0. The van der Waals surface area contributed by atoms with Gasteiger partial charge in [0.2, 0.25) is 0 Å². The number of rotatable bonds is 10. The summed E-state index contributed by atoms with van der Waals surface area (Å²) in [5, 5.41) is 0. The van der Waals surface area contributed by atoms with Crippen molar-refractivity contribution >= 4 is 0 Å². The lowest BCUT2D eigenvalue weighted by Crippen LogP contribution is -2.19. The summed E-state index contributed by atoms with van der Waals surface area (Å²) < 4.78 is 21.9. The first-order valence-electron chi connectivity index (χ1n) is 9.39. The Kier molecular flexibility index (Phi) is 7.69. The van der Waals surface area contributed by atoms with Gasteiger partial charge in [-0.25, -0.2) is 0 Å². The normalized spacial score (nSPS) is 13.9. The zero-order chi connectivity index (χ0) is 19.9. The highest BCUT2D eigenvalue weighted by Crippen LogP contribution is 2.33. The van der Waals surface area contributed by atoms with E-state index in [9.17, 15) is 0 Å². The SMILES string of the molecule is COC(C)COc1ccc(C(C)(C)c2ccc(OCC(C)OC)cc2)cc1. The monoisotopic (exact) mass is 372 g/mol. The molecule has 4 heteroatoms. The highest BCUT2D eigenvalue weighted by Gasteiger charge is 2.23. The number of hydrogen-bond acceptors (Lipinski definition) is 4. The predicted molar refractivity (Wildman–Crippen MR) is 109 cm³/mol. The van der Waals surface area contributed by atoms with Crippen molar-refractivity contribution < 1.29 is 18.9 Å². The van der Waals surface area contributed by atoms with Gasteiger partial charge in [0.25, 0.3) is 0 Å². The first-order valence-corrected chi connectivity index (χ1v) is 9.39. The predicted octanol–water partition coefficient (Wildman–Crippen LogP) is 4.84. The van der Waals surface area contributed by atoms with E-state index >= 15 is 0 Å². The maximum Gasteiger partial charge on any atom is 0.119 e. The highest BCUT2D eigenvalue weighted by atomic mass is 16.5. The summed E-state index contributed by atoms with van der Waals surface area (Å²) in [4.78, 5) is 0. The lowest BCUT2D eigenvalue weighted by atomic mass is 9.78. The fraction of sp³-hybridized carbons (Fsp3) is 0.478. The molecule has 0 spiro atoms. The smallest absolute Gasteiger partial charge is 0.119 e. The first-order chi connectivity index (χ1) is 12.9. The molecule has 0 aliphatic carbocycles. The summed E-state index contributed by atoms with van der Waals surface area (Å²) in [6.07, 6.45) is 0.155. The molecule has 0 saturated carbocycles. The molecule has 0 aliphatic heterocycles. The van der Waals surface area contributed by atoms with E-state index in [1.165, 1.54) is 11.1 Å². The fourth-order valence-electron chi connectivity index (χ4n) is 2.67. The molecule has 0 aromatic heterocycles. The van der Waals surface area contributed by atoms with Gasteiger partial charge in [-0.1, -0.05) is 38.1 Å². The van der Waals surface area contributed by atoms with Crippen molar-refractivity contribution in [3.05, 3.63) is 59.7 Å². The van der Waals surface area contributed by atoms with Crippen molar-refractivity contribution in [3.8, 4) is 11.5 Å². The highest BCUT2D eigenvalue weighted by molar-refractivity contribution is 5.41. The van der Waals surface area contributed by atoms with Gasteiger partial charge in [0.1, 0.15) is 24.7 Å². The summed E-state index contributed by atoms with van der Waals surface area (Å²) in [6, 6.07) is 16.6. The van der Waals surface area contributed by atoms with Crippen LogP contribution < -0.4 is 9.47 Å². The van der Waals surface area contributed by atoms with Crippen molar-refractivity contribution in [2.75, 3.05) is 27.4 Å². The van der Waals surface area contributed by atoms with E-state index in [1.807, 2.05) is 38.1 Å². The Morgan fingerprint density at radius 1 is 0.667 bits per heavy atom. The van der Waals surface area contributed by atoms with Gasteiger partial charge in [0.15, 0.2) is 0 Å². The lowest BCUT2D eigenvalue weighted by molar-refractivity contribution is 0.0716. The van der Waals surface area contributed by atoms with Crippen molar-refractivity contribution in [1.82, 2.24) is 0 Å². The summed E-state index contributed by atoms with van der Waals surface area (Å²) in [7, 11) is 3.38. The van der Waals surface area contributed by atoms with Gasteiger partial charge in [-0.2, -0.15) is 0 Å². The van der Waals surface area contributed by atoms with Crippen LogP contribution in [0, 0.1) is 0 Å². The second-order valence-electron chi connectivity index (χ2n) is 7.39. The molecule has 0 aliphatic rings. The van der Waals surface area contributed by atoms with Gasteiger partial charge in [-0.3, -0.25) is 0 Å². The van der Waals surface area contributed by atoms with E-state index in [-0.39, 0.29) is 17.6 Å². The molecule has 2 atom stereocenters. The zero-order valence-electron chi connectivity index (χ0n) is 17.3. The molecule has 2 aromatic carbocycles. The van der Waals surface area contributed by atoms with Crippen molar-refractivity contribution in [3.63, 3.8) is 0 Å². The van der Waals surface area contributed by atoms with Crippen LogP contribution in [0.5, 0.6) is 11.5 Å². The average Bonchev–Trinajstić information content (AvgIpc) is 2.70. The molecule has 4 nitrogen and oxygen atoms in total. The van der Waals surface area contributed by atoms with Crippen molar-refractivity contribution in [1.29, 1.82) is 0 Å². The van der Waals surface area contributed by atoms with Crippen LogP contribution in [0.1, 0.15) is 38.8 Å². The molecule has 0 fully saturated rings. The molecule has 0 bridgehead atoms. The van der Waals surface area contributed by atoms with Crippen LogP contribution in [0.3, 0.4) is 0 Å². The quantitative estimate of drug-likeness (QED) is 0.598. The minimum absolute atomic E-state index is 0.0775. The topological polar surface area (TPSA) is 36.9 Å². The van der Waals surface area contributed by atoms with Crippen LogP contribution in [0.15, 0.2) is 48.5 Å². The van der Waals surface area contributed by atoms with Crippen molar-refractivity contribution in [2.24, 2.45) is 0 Å². The van der Waals surface area contributed by atoms with E-state index in [0.29, 0.717) is 13.2 Å². The van der Waals surface area contributed by atoms with Gasteiger partial charge in [0.05, 0.1) is 12.2 Å². The molecule has 2 unspecified atom stereocenters. The van der Waals surface area contributed by atoms with Crippen LogP contribution in [-0.4, -0.2) is 39.6 Å². The molecular weight excluding hydrogens is 340 g/mol. The second kappa shape index (κ2) is 9.77. The molecule has 27 heavy (non-hydrogen) atoms. The Hall–Kier alpha value is -2.04. The van der Waals surface area contributed by atoms with E-state index in [4.69, 9.17) is 18.9 Å². The van der Waals surface area contributed by atoms with Gasteiger partial charge in [0, 0.05) is 19.6 Å². The van der Waals surface area contributed by atoms with E-state index in [2.05, 4.69) is 38.1 Å². The van der Waals surface area contributed by atoms with E-state index in [0.717, 1.165) is 11.5 Å². The van der Waals surface area contributed by atoms with Crippen molar-refractivity contribution in [2.45, 2.75) is 45.3 Å². The Morgan fingerprint density at radius 2 is 1.00 bits per heavy atom. The summed E-state index contributed by atoms with van der Waals surface area (Å²) in [5.74, 6) is 1.71. The van der Waals surface area contributed by atoms with Gasteiger partial charge >= 0.3 is 0 Å². The van der Waals surface area contributed by atoms with Crippen LogP contribution in [0.4, 0.5) is 0 Å². The zero-order valence-corrected chi connectivity index (χ0v) is 17.3. The average molecular weight is 373 g/mol. The molecule has 0 heterocycles. The molecule has 2 aromatic rings. The standard InChI is InChI=1S/C23H32O4/c1-17(24-5)15-26-21-11-7-19(8-12-21)23(3,4)20-9-13-22(14-10-20)27-16-18(2)25-6/h7-14,17-18H,15-16H2,1-6H3. The van der Waals surface area contributed by atoms with Crippen LogP contribution in [0.25, 0.3) is 0 Å². The van der Waals surface area contributed by atoms with Gasteiger partial charge < -0.3 is 18.9 Å². The Morgan fingerprint density at radius 3 is 1.30 bits per heavy atom. The van der Waals surface area contributed by atoms with Gasteiger partial charge in [-0.05, 0) is 49.2 Å². The third-order valence-electron chi connectivity index (χ3n) is 4.93. The minimum atomic E-state index is -0.114. The first kappa shape index (κ1) is 21.3. The Balaban J connectivity index is 2.04. The molecular formula is C23H32O4. The largest absolute Gasteiger partial charge is 0.491 e.